The molecule has 0 aromatic heterocycles. The van der Waals surface area contributed by atoms with Crippen LogP contribution < -0.4 is 5.32 Å². The number of hydrogen-bond donors (Lipinski definition) is 2. The predicted molar refractivity (Wildman–Crippen MR) is 97.1 cm³/mol. The standard InChI is InChI=1S/C17H17ClN2O5S/c18-13-4-5-16(21)15(11-13)19-17(22)12-2-1-3-14(10-12)26(23,24)20-6-8-25-9-7-20/h1-5,10-11,21H,6-9H2,(H,19,22). The van der Waals surface area contributed by atoms with Gasteiger partial charge in [0.2, 0.25) is 10.0 Å². The molecular weight excluding hydrogens is 380 g/mol. The lowest BCUT2D eigenvalue weighted by molar-refractivity contribution is 0.0730. The predicted octanol–water partition coefficient (Wildman–Crippen LogP) is 2.32. The van der Waals surface area contributed by atoms with Crippen molar-refractivity contribution in [3.63, 3.8) is 0 Å². The van der Waals surface area contributed by atoms with Crippen LogP contribution in [-0.2, 0) is 14.8 Å². The molecule has 7 nitrogen and oxygen atoms in total. The van der Waals surface area contributed by atoms with Crippen molar-refractivity contribution in [1.82, 2.24) is 4.31 Å². The van der Waals surface area contributed by atoms with Crippen LogP contribution in [0.4, 0.5) is 5.69 Å². The van der Waals surface area contributed by atoms with Gasteiger partial charge in [-0.05, 0) is 36.4 Å². The third-order valence-corrected chi connectivity index (χ3v) is 6.04. The lowest BCUT2D eigenvalue weighted by Crippen LogP contribution is -2.40. The van der Waals surface area contributed by atoms with Gasteiger partial charge in [-0.3, -0.25) is 4.79 Å². The second-order valence-corrected chi connectivity index (χ2v) is 8.03. The van der Waals surface area contributed by atoms with Gasteiger partial charge in [0.25, 0.3) is 5.91 Å². The number of ether oxygens (including phenoxy) is 1. The van der Waals surface area contributed by atoms with E-state index in [9.17, 15) is 18.3 Å². The summed E-state index contributed by atoms with van der Waals surface area (Å²) in [6.45, 7) is 1.23. The summed E-state index contributed by atoms with van der Waals surface area (Å²) in [4.78, 5) is 12.5. The molecule has 0 unspecified atom stereocenters. The summed E-state index contributed by atoms with van der Waals surface area (Å²) < 4.78 is 31.9. The molecule has 0 radical (unpaired) electrons. The zero-order valence-electron chi connectivity index (χ0n) is 13.7. The highest BCUT2D eigenvalue weighted by molar-refractivity contribution is 7.89. The normalized spacial score (nSPS) is 15.6. The number of carbonyl (C=O) groups excluding carboxylic acids is 1. The van der Waals surface area contributed by atoms with E-state index in [1.165, 1.54) is 46.8 Å². The van der Waals surface area contributed by atoms with Crippen LogP contribution in [0.1, 0.15) is 10.4 Å². The number of morpholine rings is 1. The number of nitrogens with one attached hydrogen (secondary N) is 1. The number of nitrogens with zero attached hydrogens (tertiary/aromatic N) is 1. The van der Waals surface area contributed by atoms with Crippen molar-refractivity contribution in [2.75, 3.05) is 31.6 Å². The number of aromatic hydroxyl groups is 1. The molecule has 2 aromatic carbocycles. The molecule has 0 bridgehead atoms. The molecule has 1 saturated heterocycles. The average Bonchev–Trinajstić information content (AvgIpc) is 2.65. The fourth-order valence-electron chi connectivity index (χ4n) is 2.54. The van der Waals surface area contributed by atoms with Crippen LogP contribution in [-0.4, -0.2) is 50.0 Å². The Morgan fingerprint density at radius 2 is 1.88 bits per heavy atom. The molecule has 26 heavy (non-hydrogen) atoms. The molecule has 0 aliphatic carbocycles. The molecule has 2 N–H and O–H groups in total. The second kappa shape index (κ2) is 7.63. The third-order valence-electron chi connectivity index (χ3n) is 3.91. The first-order chi connectivity index (χ1) is 12.4. The summed E-state index contributed by atoms with van der Waals surface area (Å²) in [6.07, 6.45) is 0. The van der Waals surface area contributed by atoms with Crippen molar-refractivity contribution in [1.29, 1.82) is 0 Å². The van der Waals surface area contributed by atoms with Crippen LogP contribution in [0.2, 0.25) is 5.02 Å². The van der Waals surface area contributed by atoms with Gasteiger partial charge in [0.1, 0.15) is 5.75 Å². The lowest BCUT2D eigenvalue weighted by Gasteiger charge is -2.26. The van der Waals surface area contributed by atoms with Gasteiger partial charge >= 0.3 is 0 Å². The van der Waals surface area contributed by atoms with Crippen LogP contribution in [0.3, 0.4) is 0 Å². The van der Waals surface area contributed by atoms with Gasteiger partial charge in [0.05, 0.1) is 23.8 Å². The number of sulfonamides is 1. The molecule has 1 aliphatic heterocycles. The molecule has 2 aromatic rings. The van der Waals surface area contributed by atoms with Crippen LogP contribution in [0.25, 0.3) is 0 Å². The topological polar surface area (TPSA) is 95.9 Å². The summed E-state index contributed by atoms with van der Waals surface area (Å²) >= 11 is 5.86. The molecule has 138 valence electrons. The van der Waals surface area contributed by atoms with E-state index in [-0.39, 0.29) is 35.0 Å². The van der Waals surface area contributed by atoms with Crippen molar-refractivity contribution in [2.24, 2.45) is 0 Å². The Bertz CT molecular complexity index is 927. The van der Waals surface area contributed by atoms with Gasteiger partial charge in [-0.15, -0.1) is 0 Å². The minimum Gasteiger partial charge on any atom is -0.506 e. The van der Waals surface area contributed by atoms with Crippen LogP contribution in [0, 0.1) is 0 Å². The Morgan fingerprint density at radius 3 is 2.62 bits per heavy atom. The Kier molecular flexibility index (Phi) is 5.47. The Balaban J connectivity index is 1.84. The van der Waals surface area contributed by atoms with Gasteiger partial charge in [-0.25, -0.2) is 8.42 Å². The smallest absolute Gasteiger partial charge is 0.255 e. The number of carbonyl (C=O) groups is 1. The number of hydrogen-bond acceptors (Lipinski definition) is 5. The van der Waals surface area contributed by atoms with E-state index in [2.05, 4.69) is 5.32 Å². The van der Waals surface area contributed by atoms with E-state index < -0.39 is 15.9 Å². The summed E-state index contributed by atoms with van der Waals surface area (Å²) in [5.74, 6) is -0.693. The molecule has 1 aliphatic rings. The second-order valence-electron chi connectivity index (χ2n) is 5.66. The lowest BCUT2D eigenvalue weighted by atomic mass is 10.2. The van der Waals surface area contributed by atoms with Gasteiger partial charge in [0, 0.05) is 23.7 Å². The maximum atomic E-state index is 12.7. The summed E-state index contributed by atoms with van der Waals surface area (Å²) in [5, 5.41) is 12.7. The van der Waals surface area contributed by atoms with Crippen molar-refractivity contribution in [3.05, 3.63) is 53.1 Å². The summed E-state index contributed by atoms with van der Waals surface area (Å²) in [6, 6.07) is 10.00. The SMILES string of the molecule is O=C(Nc1cc(Cl)ccc1O)c1cccc(S(=O)(=O)N2CCOCC2)c1. The number of phenolic OH excluding ortho intramolecular Hbond substituents is 1. The largest absolute Gasteiger partial charge is 0.506 e. The zero-order chi connectivity index (χ0) is 18.7. The van der Waals surface area contributed by atoms with E-state index in [0.29, 0.717) is 18.2 Å². The zero-order valence-corrected chi connectivity index (χ0v) is 15.3. The molecule has 1 heterocycles. The van der Waals surface area contributed by atoms with Gasteiger partial charge in [-0.2, -0.15) is 4.31 Å². The number of anilines is 1. The molecule has 3 rings (SSSR count). The van der Waals surface area contributed by atoms with E-state index in [1.807, 2.05) is 0 Å². The maximum absolute atomic E-state index is 12.7. The van der Waals surface area contributed by atoms with Crippen molar-refractivity contribution in [2.45, 2.75) is 4.90 Å². The van der Waals surface area contributed by atoms with E-state index in [4.69, 9.17) is 16.3 Å². The van der Waals surface area contributed by atoms with Crippen LogP contribution >= 0.6 is 11.6 Å². The molecule has 0 atom stereocenters. The van der Waals surface area contributed by atoms with Crippen molar-refractivity contribution < 1.29 is 23.1 Å². The molecule has 0 saturated carbocycles. The first-order valence-electron chi connectivity index (χ1n) is 7.86. The first-order valence-corrected chi connectivity index (χ1v) is 9.67. The number of benzene rings is 2. The number of rotatable bonds is 4. The highest BCUT2D eigenvalue weighted by Gasteiger charge is 2.27. The molecule has 1 amide bonds. The highest BCUT2D eigenvalue weighted by Crippen LogP contribution is 2.27. The van der Waals surface area contributed by atoms with Crippen LogP contribution in [0.15, 0.2) is 47.4 Å². The minimum absolute atomic E-state index is 0.0300. The monoisotopic (exact) mass is 396 g/mol. The molecule has 0 spiro atoms. The maximum Gasteiger partial charge on any atom is 0.255 e. The van der Waals surface area contributed by atoms with Crippen LogP contribution in [0.5, 0.6) is 5.75 Å². The fraction of sp³-hybridized carbons (Fsp3) is 0.235. The Hall–Kier alpha value is -2.13. The highest BCUT2D eigenvalue weighted by atomic mass is 35.5. The average molecular weight is 397 g/mol. The Labute approximate surface area is 156 Å². The van der Waals surface area contributed by atoms with Crippen molar-refractivity contribution in [3.8, 4) is 5.75 Å². The third kappa shape index (κ3) is 3.99. The molecule has 9 heteroatoms. The van der Waals surface area contributed by atoms with Crippen molar-refractivity contribution >= 4 is 33.2 Å². The Morgan fingerprint density at radius 1 is 1.15 bits per heavy atom. The minimum atomic E-state index is -3.70. The van der Waals surface area contributed by atoms with Gasteiger partial charge in [0.15, 0.2) is 0 Å². The summed E-state index contributed by atoms with van der Waals surface area (Å²) in [7, 11) is -3.70. The van der Waals surface area contributed by atoms with E-state index in [1.54, 1.807) is 0 Å². The number of amides is 1. The summed E-state index contributed by atoms with van der Waals surface area (Å²) in [5.41, 5.74) is 0.294. The number of phenols is 1. The first kappa shape index (κ1) is 18.7. The van der Waals surface area contributed by atoms with E-state index in [0.717, 1.165) is 0 Å². The quantitative estimate of drug-likeness (QED) is 0.773. The fourth-order valence-corrected chi connectivity index (χ4v) is 4.16. The number of halogens is 1. The van der Waals surface area contributed by atoms with Gasteiger partial charge in [-0.1, -0.05) is 17.7 Å². The molecule has 1 fully saturated rings. The molecular formula is C17H17ClN2O5S. The van der Waals surface area contributed by atoms with E-state index >= 15 is 0 Å². The van der Waals surface area contributed by atoms with Gasteiger partial charge < -0.3 is 15.2 Å².